The molecule has 2 heterocycles. The highest BCUT2D eigenvalue weighted by Gasteiger charge is 2.38. The molecular formula is C17H21N3O7. The number of piperazine rings is 1. The van der Waals surface area contributed by atoms with E-state index in [-0.39, 0.29) is 18.4 Å². The Hall–Kier alpha value is -3.04. The van der Waals surface area contributed by atoms with E-state index < -0.39 is 33.8 Å². The second-order valence-corrected chi connectivity index (χ2v) is 7.48. The lowest BCUT2D eigenvalue weighted by Crippen LogP contribution is -2.59. The lowest BCUT2D eigenvalue weighted by Gasteiger charge is -2.45. The quantitative estimate of drug-likeness (QED) is 0.612. The van der Waals surface area contributed by atoms with Crippen LogP contribution in [0.3, 0.4) is 0 Å². The van der Waals surface area contributed by atoms with Gasteiger partial charge in [0.15, 0.2) is 0 Å². The number of nitro benzene ring substituents is 1. The van der Waals surface area contributed by atoms with Crippen molar-refractivity contribution in [2.45, 2.75) is 32.4 Å². The molecule has 1 fully saturated rings. The number of rotatable bonds is 2. The van der Waals surface area contributed by atoms with Gasteiger partial charge in [-0.2, -0.15) is 0 Å². The fourth-order valence-electron chi connectivity index (χ4n) is 3.21. The lowest BCUT2D eigenvalue weighted by molar-refractivity contribution is -0.385. The summed E-state index contributed by atoms with van der Waals surface area (Å²) in [6.45, 7) is 6.80. The SMILES string of the molecule is CC(C)(C)OC(=O)N1CCN2c3cc(C(=O)O)c([N+](=O)[O-])cc3OC[C@H]2C1. The number of fused-ring (bicyclic) bond motifs is 3. The molecule has 0 aliphatic carbocycles. The van der Waals surface area contributed by atoms with Crippen molar-refractivity contribution in [3.05, 3.63) is 27.8 Å². The highest BCUT2D eigenvalue weighted by atomic mass is 16.6. The third kappa shape index (κ3) is 3.74. The summed E-state index contributed by atoms with van der Waals surface area (Å²) in [6.07, 6.45) is -0.414. The van der Waals surface area contributed by atoms with E-state index in [1.807, 2.05) is 4.90 Å². The number of anilines is 1. The molecule has 1 N–H and O–H groups in total. The molecule has 1 aromatic rings. The van der Waals surface area contributed by atoms with Crippen LogP contribution in [0.25, 0.3) is 0 Å². The van der Waals surface area contributed by atoms with E-state index in [0.717, 1.165) is 6.07 Å². The van der Waals surface area contributed by atoms with Crippen molar-refractivity contribution in [1.82, 2.24) is 4.90 Å². The first-order chi connectivity index (χ1) is 12.6. The van der Waals surface area contributed by atoms with Gasteiger partial charge in [-0.25, -0.2) is 9.59 Å². The molecule has 0 bridgehead atoms. The molecule has 3 rings (SSSR count). The number of carboxylic acids is 1. The third-order valence-corrected chi connectivity index (χ3v) is 4.38. The van der Waals surface area contributed by atoms with E-state index in [0.29, 0.717) is 25.3 Å². The number of carbonyl (C=O) groups is 2. The van der Waals surface area contributed by atoms with Gasteiger partial charge in [0, 0.05) is 19.6 Å². The first-order valence-corrected chi connectivity index (χ1v) is 8.50. The molecule has 1 atom stereocenters. The Morgan fingerprint density at radius 1 is 1.33 bits per heavy atom. The summed E-state index contributed by atoms with van der Waals surface area (Å²) in [7, 11) is 0. The second-order valence-electron chi connectivity index (χ2n) is 7.48. The minimum Gasteiger partial charge on any atom is -0.489 e. The molecular weight excluding hydrogens is 358 g/mol. The van der Waals surface area contributed by atoms with E-state index in [1.54, 1.807) is 25.7 Å². The van der Waals surface area contributed by atoms with Crippen molar-refractivity contribution in [3.63, 3.8) is 0 Å². The van der Waals surface area contributed by atoms with Crippen LogP contribution in [-0.4, -0.2) is 64.9 Å². The smallest absolute Gasteiger partial charge is 0.410 e. The maximum absolute atomic E-state index is 12.3. The number of amides is 1. The van der Waals surface area contributed by atoms with Crippen molar-refractivity contribution < 1.29 is 29.1 Å². The van der Waals surface area contributed by atoms with Gasteiger partial charge in [-0.15, -0.1) is 0 Å². The number of ether oxygens (including phenoxy) is 2. The van der Waals surface area contributed by atoms with Gasteiger partial charge in [-0.05, 0) is 26.8 Å². The van der Waals surface area contributed by atoms with Crippen LogP contribution in [0.5, 0.6) is 5.75 Å². The fourth-order valence-corrected chi connectivity index (χ4v) is 3.21. The average molecular weight is 379 g/mol. The van der Waals surface area contributed by atoms with Gasteiger partial charge in [-0.3, -0.25) is 10.1 Å². The zero-order valence-corrected chi connectivity index (χ0v) is 15.3. The van der Waals surface area contributed by atoms with Crippen LogP contribution in [-0.2, 0) is 4.74 Å². The Kier molecular flexibility index (Phi) is 4.58. The number of nitro groups is 1. The number of hydrogen-bond donors (Lipinski definition) is 1. The van der Waals surface area contributed by atoms with Crippen molar-refractivity contribution in [1.29, 1.82) is 0 Å². The summed E-state index contributed by atoms with van der Waals surface area (Å²) in [4.78, 5) is 37.6. The fraction of sp³-hybridized carbons (Fsp3) is 0.529. The molecule has 10 nitrogen and oxygen atoms in total. The van der Waals surface area contributed by atoms with Crippen LogP contribution in [0.1, 0.15) is 31.1 Å². The molecule has 0 aromatic heterocycles. The first kappa shape index (κ1) is 18.7. The Labute approximate surface area is 155 Å². The maximum atomic E-state index is 12.3. The van der Waals surface area contributed by atoms with Crippen molar-refractivity contribution >= 4 is 23.4 Å². The summed E-state index contributed by atoms with van der Waals surface area (Å²) in [5, 5.41) is 20.4. The van der Waals surface area contributed by atoms with E-state index in [1.165, 1.54) is 6.07 Å². The summed E-state index contributed by atoms with van der Waals surface area (Å²) < 4.78 is 11.0. The third-order valence-electron chi connectivity index (χ3n) is 4.38. The van der Waals surface area contributed by atoms with Gasteiger partial charge in [0.25, 0.3) is 5.69 Å². The second kappa shape index (κ2) is 6.60. The van der Waals surface area contributed by atoms with Gasteiger partial charge in [0.05, 0.1) is 22.7 Å². The van der Waals surface area contributed by atoms with Crippen LogP contribution < -0.4 is 9.64 Å². The van der Waals surface area contributed by atoms with Crippen LogP contribution in [0.15, 0.2) is 12.1 Å². The Morgan fingerprint density at radius 3 is 2.63 bits per heavy atom. The minimum atomic E-state index is -1.38. The topological polar surface area (TPSA) is 122 Å². The predicted octanol–water partition coefficient (Wildman–Crippen LogP) is 2.11. The molecule has 2 aliphatic rings. The molecule has 27 heavy (non-hydrogen) atoms. The van der Waals surface area contributed by atoms with E-state index in [2.05, 4.69) is 0 Å². The zero-order chi connectivity index (χ0) is 19.9. The van der Waals surface area contributed by atoms with Crippen molar-refractivity contribution in [2.24, 2.45) is 0 Å². The zero-order valence-electron chi connectivity index (χ0n) is 15.3. The highest BCUT2D eigenvalue weighted by molar-refractivity contribution is 5.95. The Morgan fingerprint density at radius 2 is 2.04 bits per heavy atom. The number of carbonyl (C=O) groups excluding carboxylic acids is 1. The average Bonchev–Trinajstić information content (AvgIpc) is 2.58. The number of nitrogens with zero attached hydrogens (tertiary/aromatic N) is 3. The summed E-state index contributed by atoms with van der Waals surface area (Å²) in [5.41, 5.74) is -1.01. The molecule has 0 saturated carbocycles. The summed E-state index contributed by atoms with van der Waals surface area (Å²) >= 11 is 0. The highest BCUT2D eigenvalue weighted by Crippen LogP contribution is 2.40. The Bertz CT molecular complexity index is 802. The van der Waals surface area contributed by atoms with Crippen LogP contribution in [0.2, 0.25) is 0 Å². The van der Waals surface area contributed by atoms with E-state index >= 15 is 0 Å². The molecule has 1 aromatic carbocycles. The minimum absolute atomic E-state index is 0.193. The first-order valence-electron chi connectivity index (χ1n) is 8.50. The van der Waals surface area contributed by atoms with Gasteiger partial charge < -0.3 is 24.4 Å². The van der Waals surface area contributed by atoms with Gasteiger partial charge in [-0.1, -0.05) is 0 Å². The van der Waals surface area contributed by atoms with Crippen LogP contribution in [0.4, 0.5) is 16.2 Å². The number of benzene rings is 1. The molecule has 0 radical (unpaired) electrons. The Balaban J connectivity index is 1.85. The predicted molar refractivity (Wildman–Crippen MR) is 94.5 cm³/mol. The number of aromatic carboxylic acids is 1. The summed E-state index contributed by atoms with van der Waals surface area (Å²) in [6, 6.07) is 2.22. The lowest BCUT2D eigenvalue weighted by atomic mass is 10.0. The van der Waals surface area contributed by atoms with Crippen LogP contribution >= 0.6 is 0 Å². The van der Waals surface area contributed by atoms with Crippen molar-refractivity contribution in [3.8, 4) is 5.75 Å². The molecule has 10 heteroatoms. The summed E-state index contributed by atoms with van der Waals surface area (Å²) in [5.74, 6) is -1.10. The van der Waals surface area contributed by atoms with Crippen molar-refractivity contribution in [2.75, 3.05) is 31.1 Å². The van der Waals surface area contributed by atoms with Gasteiger partial charge >= 0.3 is 12.1 Å². The van der Waals surface area contributed by atoms with E-state index in [9.17, 15) is 24.8 Å². The van der Waals surface area contributed by atoms with Gasteiger partial charge in [0.1, 0.15) is 23.5 Å². The van der Waals surface area contributed by atoms with Gasteiger partial charge in [0.2, 0.25) is 0 Å². The largest absolute Gasteiger partial charge is 0.489 e. The normalized spacial score (nSPS) is 18.9. The molecule has 1 saturated heterocycles. The monoisotopic (exact) mass is 379 g/mol. The maximum Gasteiger partial charge on any atom is 0.410 e. The number of carboxylic acid groups (broad SMARTS) is 1. The molecule has 0 spiro atoms. The van der Waals surface area contributed by atoms with Crippen LogP contribution in [0, 0.1) is 10.1 Å². The molecule has 0 unspecified atom stereocenters. The number of hydrogen-bond acceptors (Lipinski definition) is 7. The molecule has 146 valence electrons. The van der Waals surface area contributed by atoms with E-state index in [4.69, 9.17) is 9.47 Å². The standard InChI is InChI=1S/C17H21N3O7/c1-17(2,3)27-16(23)18-4-5-19-10(8-18)9-26-14-7-12(20(24)25)11(15(21)22)6-13(14)19/h6-7,10H,4-5,8-9H2,1-3H3,(H,21,22)/t10-/m1/s1. The molecule has 1 amide bonds. The molecule has 2 aliphatic heterocycles.